The Balaban J connectivity index is 1.50. The van der Waals surface area contributed by atoms with Gasteiger partial charge >= 0.3 is 6.09 Å². The molecule has 0 atom stereocenters. The number of piperidine rings is 1. The van der Waals surface area contributed by atoms with Crippen molar-refractivity contribution in [2.45, 2.75) is 45.8 Å². The number of likely N-dealkylation sites (tertiary alicyclic amines) is 1. The van der Waals surface area contributed by atoms with Crippen molar-refractivity contribution in [3.05, 3.63) is 23.8 Å². The van der Waals surface area contributed by atoms with E-state index in [0.29, 0.717) is 32.5 Å². The van der Waals surface area contributed by atoms with Crippen LogP contribution >= 0.6 is 0 Å². The van der Waals surface area contributed by atoms with Gasteiger partial charge in [0.05, 0.1) is 0 Å². The quantitative estimate of drug-likeness (QED) is 0.811. The Hall–Kier alpha value is -2.44. The summed E-state index contributed by atoms with van der Waals surface area (Å²) in [4.78, 5) is 28.4. The molecule has 2 amide bonds. The number of rotatable bonds is 3. The van der Waals surface area contributed by atoms with E-state index in [0.717, 1.165) is 17.1 Å². The van der Waals surface area contributed by atoms with Crippen molar-refractivity contribution < 1.29 is 23.8 Å². The van der Waals surface area contributed by atoms with E-state index in [1.54, 1.807) is 9.80 Å². The number of carbonyl (C=O) groups is 2. The van der Waals surface area contributed by atoms with Gasteiger partial charge in [0.25, 0.3) is 0 Å². The lowest BCUT2D eigenvalue weighted by atomic mass is 9.95. The highest BCUT2D eigenvalue weighted by Crippen LogP contribution is 2.33. The Morgan fingerprint density at radius 2 is 1.85 bits per heavy atom. The molecule has 7 heteroatoms. The fraction of sp³-hybridized carbons (Fsp3) is 0.600. The van der Waals surface area contributed by atoms with Crippen LogP contribution in [-0.2, 0) is 16.1 Å². The first kappa shape index (κ1) is 19.3. The number of nitrogens with zero attached hydrogens (tertiary/aromatic N) is 2. The zero-order valence-electron chi connectivity index (χ0n) is 16.5. The lowest BCUT2D eigenvalue weighted by Crippen LogP contribution is -2.45. The van der Waals surface area contributed by atoms with E-state index in [4.69, 9.17) is 14.2 Å². The molecule has 2 aliphatic rings. The maximum absolute atomic E-state index is 12.8. The van der Waals surface area contributed by atoms with Gasteiger partial charge in [0.1, 0.15) is 5.60 Å². The number of fused-ring (bicyclic) bond motifs is 1. The molecule has 7 nitrogen and oxygen atoms in total. The summed E-state index contributed by atoms with van der Waals surface area (Å²) < 4.78 is 16.1. The van der Waals surface area contributed by atoms with Crippen molar-refractivity contribution in [2.24, 2.45) is 5.92 Å². The minimum Gasteiger partial charge on any atom is -0.454 e. The standard InChI is InChI=1S/C20H28N2O5/c1-20(2,3)27-19(24)22-9-7-15(8-10-22)18(23)21(4)12-14-5-6-16-17(11-14)26-13-25-16/h5-6,11,15H,7-10,12-13H2,1-4H3. The van der Waals surface area contributed by atoms with Gasteiger partial charge in [-0.05, 0) is 51.3 Å². The molecule has 0 aliphatic carbocycles. The van der Waals surface area contributed by atoms with Gasteiger partial charge in [-0.15, -0.1) is 0 Å². The molecule has 2 heterocycles. The van der Waals surface area contributed by atoms with Gasteiger partial charge in [-0.1, -0.05) is 6.07 Å². The molecule has 0 N–H and O–H groups in total. The van der Waals surface area contributed by atoms with Gasteiger partial charge in [0, 0.05) is 32.6 Å². The molecule has 0 saturated carbocycles. The van der Waals surface area contributed by atoms with Gasteiger partial charge < -0.3 is 24.0 Å². The molecule has 0 bridgehead atoms. The second-order valence-corrected chi connectivity index (χ2v) is 8.12. The molecular formula is C20H28N2O5. The van der Waals surface area contributed by atoms with Crippen LogP contribution in [0.25, 0.3) is 0 Å². The van der Waals surface area contributed by atoms with Gasteiger partial charge in [0.2, 0.25) is 12.7 Å². The molecule has 1 aromatic rings. The molecule has 0 aromatic heterocycles. The predicted octanol–water partition coefficient (Wildman–Crippen LogP) is 3.02. The van der Waals surface area contributed by atoms with Crippen LogP contribution in [-0.4, -0.2) is 54.3 Å². The smallest absolute Gasteiger partial charge is 0.410 e. The Labute approximate surface area is 160 Å². The number of ether oxygens (including phenoxy) is 3. The molecule has 0 spiro atoms. The number of amides is 2. The van der Waals surface area contributed by atoms with Crippen LogP contribution in [0.2, 0.25) is 0 Å². The lowest BCUT2D eigenvalue weighted by molar-refractivity contribution is -0.136. The molecular weight excluding hydrogens is 348 g/mol. The first-order chi connectivity index (χ1) is 12.7. The maximum Gasteiger partial charge on any atom is 0.410 e. The van der Waals surface area contributed by atoms with Gasteiger partial charge in [-0.3, -0.25) is 4.79 Å². The summed E-state index contributed by atoms with van der Waals surface area (Å²) in [5.41, 5.74) is 0.496. The molecule has 1 fully saturated rings. The molecule has 0 unspecified atom stereocenters. The molecule has 3 rings (SSSR count). The number of hydrogen-bond donors (Lipinski definition) is 0. The minimum absolute atomic E-state index is 0.0669. The minimum atomic E-state index is -0.505. The van der Waals surface area contributed by atoms with E-state index in [2.05, 4.69) is 0 Å². The largest absolute Gasteiger partial charge is 0.454 e. The van der Waals surface area contributed by atoms with E-state index in [-0.39, 0.29) is 24.7 Å². The number of carbonyl (C=O) groups excluding carboxylic acids is 2. The van der Waals surface area contributed by atoms with Crippen molar-refractivity contribution in [2.75, 3.05) is 26.9 Å². The summed E-state index contributed by atoms with van der Waals surface area (Å²) in [5, 5.41) is 0. The SMILES string of the molecule is CN(Cc1ccc2c(c1)OCO2)C(=O)C1CCN(C(=O)OC(C)(C)C)CC1. The second-order valence-electron chi connectivity index (χ2n) is 8.12. The van der Waals surface area contributed by atoms with E-state index < -0.39 is 5.60 Å². The van der Waals surface area contributed by atoms with E-state index in [1.165, 1.54) is 0 Å². The van der Waals surface area contributed by atoms with E-state index >= 15 is 0 Å². The van der Waals surface area contributed by atoms with Gasteiger partial charge in [0.15, 0.2) is 11.5 Å². The Morgan fingerprint density at radius 1 is 1.19 bits per heavy atom. The van der Waals surface area contributed by atoms with Crippen LogP contribution in [0.4, 0.5) is 4.79 Å². The van der Waals surface area contributed by atoms with Crippen LogP contribution in [0.15, 0.2) is 18.2 Å². The monoisotopic (exact) mass is 376 g/mol. The van der Waals surface area contributed by atoms with Crippen LogP contribution in [0.5, 0.6) is 11.5 Å². The van der Waals surface area contributed by atoms with Crippen molar-refractivity contribution in [3.63, 3.8) is 0 Å². The highest BCUT2D eigenvalue weighted by atomic mass is 16.7. The molecule has 2 aliphatic heterocycles. The highest BCUT2D eigenvalue weighted by Gasteiger charge is 2.31. The summed E-state index contributed by atoms with van der Waals surface area (Å²) in [6.07, 6.45) is 1.01. The number of benzene rings is 1. The van der Waals surface area contributed by atoms with Gasteiger partial charge in [-0.2, -0.15) is 0 Å². The van der Waals surface area contributed by atoms with Crippen molar-refractivity contribution >= 4 is 12.0 Å². The fourth-order valence-corrected chi connectivity index (χ4v) is 3.34. The summed E-state index contributed by atoms with van der Waals surface area (Å²) in [6.45, 7) is 7.41. The Kier molecular flexibility index (Phi) is 5.48. The Bertz CT molecular complexity index is 705. The van der Waals surface area contributed by atoms with Crippen LogP contribution in [0.3, 0.4) is 0 Å². The average Bonchev–Trinajstić information content (AvgIpc) is 3.07. The molecule has 1 saturated heterocycles. The summed E-state index contributed by atoms with van der Waals surface area (Å²) in [6, 6.07) is 5.73. The zero-order valence-corrected chi connectivity index (χ0v) is 16.5. The highest BCUT2D eigenvalue weighted by molar-refractivity contribution is 5.79. The van der Waals surface area contributed by atoms with Crippen molar-refractivity contribution in [3.8, 4) is 11.5 Å². The zero-order chi connectivity index (χ0) is 19.6. The normalized spacial score (nSPS) is 17.0. The Morgan fingerprint density at radius 3 is 2.52 bits per heavy atom. The summed E-state index contributed by atoms with van der Waals surface area (Å²) >= 11 is 0. The molecule has 0 radical (unpaired) electrons. The first-order valence-corrected chi connectivity index (χ1v) is 9.34. The van der Waals surface area contributed by atoms with E-state index in [1.807, 2.05) is 46.0 Å². The predicted molar refractivity (Wildman–Crippen MR) is 99.6 cm³/mol. The summed E-state index contributed by atoms with van der Waals surface area (Å²) in [5.74, 6) is 1.50. The van der Waals surface area contributed by atoms with Crippen molar-refractivity contribution in [1.29, 1.82) is 0 Å². The average molecular weight is 376 g/mol. The molecule has 1 aromatic carbocycles. The number of hydrogen-bond acceptors (Lipinski definition) is 5. The second kappa shape index (κ2) is 7.66. The first-order valence-electron chi connectivity index (χ1n) is 9.34. The van der Waals surface area contributed by atoms with Crippen LogP contribution < -0.4 is 9.47 Å². The fourth-order valence-electron chi connectivity index (χ4n) is 3.34. The third kappa shape index (κ3) is 4.84. The lowest BCUT2D eigenvalue weighted by Gasteiger charge is -2.34. The molecule has 148 valence electrons. The van der Waals surface area contributed by atoms with Crippen LogP contribution in [0.1, 0.15) is 39.2 Å². The van der Waals surface area contributed by atoms with Gasteiger partial charge in [-0.25, -0.2) is 4.79 Å². The topological polar surface area (TPSA) is 68.3 Å². The summed E-state index contributed by atoms with van der Waals surface area (Å²) in [7, 11) is 1.81. The molecule has 27 heavy (non-hydrogen) atoms. The maximum atomic E-state index is 12.8. The van der Waals surface area contributed by atoms with E-state index in [9.17, 15) is 9.59 Å². The third-order valence-electron chi connectivity index (χ3n) is 4.73. The van der Waals surface area contributed by atoms with Crippen LogP contribution in [0, 0.1) is 5.92 Å². The third-order valence-corrected chi connectivity index (χ3v) is 4.73. The van der Waals surface area contributed by atoms with Crippen molar-refractivity contribution in [1.82, 2.24) is 9.80 Å².